The average Bonchev–Trinajstić information content (AvgIpc) is 3.47. The summed E-state index contributed by atoms with van der Waals surface area (Å²) in [5, 5.41) is 0. The summed E-state index contributed by atoms with van der Waals surface area (Å²) in [6.45, 7) is 6.48. The van der Waals surface area contributed by atoms with Crippen LogP contribution in [-0.4, -0.2) is 37.2 Å². The Labute approximate surface area is 503 Å². The number of ether oxygens (including phenoxy) is 3. The van der Waals surface area contributed by atoms with Crippen molar-refractivity contribution in [2.45, 2.75) is 374 Å². The Morgan fingerprint density at radius 1 is 0.259 bits per heavy atom. The Balaban J connectivity index is 4.08. The molecule has 0 fully saturated rings. The lowest BCUT2D eigenvalue weighted by Crippen LogP contribution is -2.30. The molecule has 0 saturated carbocycles. The van der Waals surface area contributed by atoms with Gasteiger partial charge in [0.2, 0.25) is 0 Å². The van der Waals surface area contributed by atoms with Crippen LogP contribution in [0.3, 0.4) is 0 Å². The number of rotatable bonds is 65. The molecule has 0 N–H and O–H groups in total. The van der Waals surface area contributed by atoms with Crippen molar-refractivity contribution in [1.29, 1.82) is 0 Å². The van der Waals surface area contributed by atoms with E-state index in [4.69, 9.17) is 14.2 Å². The van der Waals surface area contributed by atoms with E-state index >= 15 is 0 Å². The van der Waals surface area contributed by atoms with Crippen LogP contribution in [0, 0.1) is 0 Å². The van der Waals surface area contributed by atoms with E-state index in [1.54, 1.807) is 0 Å². The molecule has 0 radical (unpaired) electrons. The summed E-state index contributed by atoms with van der Waals surface area (Å²) in [7, 11) is 0. The number of carbonyl (C=O) groups is 3. The first-order valence-electron chi connectivity index (χ1n) is 35.4. The van der Waals surface area contributed by atoms with Gasteiger partial charge in [-0.15, -0.1) is 0 Å². The van der Waals surface area contributed by atoms with Crippen LogP contribution in [-0.2, 0) is 28.6 Å². The monoisotopic (exact) mass is 1130 g/mol. The largest absolute Gasteiger partial charge is 0.462 e. The average molecular weight is 1130 g/mol. The molecule has 1 atom stereocenters. The molecule has 0 bridgehead atoms. The second-order valence-electron chi connectivity index (χ2n) is 23.8. The lowest BCUT2D eigenvalue weighted by Gasteiger charge is -2.18. The van der Waals surface area contributed by atoms with E-state index in [2.05, 4.69) is 93.7 Å². The molecule has 0 rings (SSSR count). The fourth-order valence-electron chi connectivity index (χ4n) is 10.4. The predicted molar refractivity (Wildman–Crippen MR) is 353 cm³/mol. The van der Waals surface area contributed by atoms with E-state index in [9.17, 15) is 14.4 Å². The molecule has 6 nitrogen and oxygen atoms in total. The Morgan fingerprint density at radius 2 is 0.506 bits per heavy atom. The number of unbranched alkanes of at least 4 members (excludes halogenated alkanes) is 42. The lowest BCUT2D eigenvalue weighted by atomic mass is 10.0. The third-order valence-electron chi connectivity index (χ3n) is 15.7. The number of hydrogen-bond donors (Lipinski definition) is 0. The van der Waals surface area contributed by atoms with Gasteiger partial charge >= 0.3 is 17.9 Å². The van der Waals surface area contributed by atoms with Gasteiger partial charge in [-0.2, -0.15) is 0 Å². The summed E-state index contributed by atoms with van der Waals surface area (Å²) < 4.78 is 16.9. The van der Waals surface area contributed by atoms with Gasteiger partial charge < -0.3 is 14.2 Å². The third-order valence-corrected chi connectivity index (χ3v) is 15.7. The number of carbonyl (C=O) groups excluding carboxylic acids is 3. The van der Waals surface area contributed by atoms with Gasteiger partial charge in [-0.05, 0) is 83.5 Å². The highest BCUT2D eigenvalue weighted by molar-refractivity contribution is 5.71. The van der Waals surface area contributed by atoms with E-state index in [1.807, 2.05) is 0 Å². The highest BCUT2D eigenvalue weighted by Gasteiger charge is 2.19. The molecule has 0 spiro atoms. The van der Waals surface area contributed by atoms with Crippen molar-refractivity contribution in [3.05, 3.63) is 72.9 Å². The fraction of sp³-hybridized carbons (Fsp3) is 0.800. The standard InChI is InChI=1S/C75H134O6/c1-4-7-10-13-16-19-22-24-26-28-30-31-32-33-34-35-36-37-38-39-40-41-42-43-44-46-47-49-51-53-56-59-62-65-68-74(77)80-71-72(70-79-73(76)67-64-61-58-55-21-18-15-12-9-6-3)81-75(78)69-66-63-60-57-54-52-50-48-45-29-27-25-23-20-17-14-11-8-5-2/h8,11-12,15,17,20,25,27,45,48,52,54,72H,4-7,9-10,13-14,16,18-19,21-24,26,28-44,46-47,49-51,53,55-71H2,1-3H3/b11-8-,15-12-,20-17-,27-25-,48-45-,54-52-. The molecule has 0 aliphatic carbocycles. The van der Waals surface area contributed by atoms with Crippen LogP contribution in [0.1, 0.15) is 367 Å². The summed E-state index contributed by atoms with van der Waals surface area (Å²) in [5.41, 5.74) is 0. The van der Waals surface area contributed by atoms with Crippen LogP contribution in [0.5, 0.6) is 0 Å². The minimum Gasteiger partial charge on any atom is -0.462 e. The molecule has 0 aliphatic heterocycles. The van der Waals surface area contributed by atoms with Gasteiger partial charge in [0.25, 0.3) is 0 Å². The molecular weight excluding hydrogens is 997 g/mol. The van der Waals surface area contributed by atoms with Gasteiger partial charge in [0, 0.05) is 19.3 Å². The fourth-order valence-corrected chi connectivity index (χ4v) is 10.4. The first-order valence-corrected chi connectivity index (χ1v) is 35.4. The van der Waals surface area contributed by atoms with E-state index in [0.717, 1.165) is 116 Å². The van der Waals surface area contributed by atoms with Crippen molar-refractivity contribution >= 4 is 17.9 Å². The Kier molecular flexibility index (Phi) is 66.6. The van der Waals surface area contributed by atoms with Crippen molar-refractivity contribution in [2.24, 2.45) is 0 Å². The van der Waals surface area contributed by atoms with E-state index in [0.29, 0.717) is 12.8 Å². The smallest absolute Gasteiger partial charge is 0.306 e. The van der Waals surface area contributed by atoms with Crippen molar-refractivity contribution in [1.82, 2.24) is 0 Å². The SMILES string of the molecule is CC/C=C\C/C=C\C/C=C\C/C=C\C/C=C\CCCCCC(=O)OC(COC(=O)CCCCCCC/C=C\CCC)COC(=O)CCCCCCCCCCCCCCCCCCCCCCCCCCCCCCCCCCCC. The number of hydrogen-bond acceptors (Lipinski definition) is 6. The molecular formula is C75H134O6. The highest BCUT2D eigenvalue weighted by Crippen LogP contribution is 2.18. The molecule has 1 unspecified atom stereocenters. The van der Waals surface area contributed by atoms with Gasteiger partial charge in [0.15, 0.2) is 6.10 Å². The second kappa shape index (κ2) is 69.3. The van der Waals surface area contributed by atoms with E-state index < -0.39 is 6.10 Å². The molecule has 0 aliphatic rings. The summed E-state index contributed by atoms with van der Waals surface area (Å²) in [4.78, 5) is 38.2. The number of allylic oxidation sites excluding steroid dienone is 12. The Hall–Kier alpha value is -3.15. The summed E-state index contributed by atoms with van der Waals surface area (Å²) in [6.07, 6.45) is 91.1. The van der Waals surface area contributed by atoms with Crippen molar-refractivity contribution in [2.75, 3.05) is 13.2 Å². The minimum atomic E-state index is -0.796. The second-order valence-corrected chi connectivity index (χ2v) is 23.8. The lowest BCUT2D eigenvalue weighted by molar-refractivity contribution is -0.167. The first kappa shape index (κ1) is 77.9. The molecule has 0 heterocycles. The highest BCUT2D eigenvalue weighted by atomic mass is 16.6. The van der Waals surface area contributed by atoms with Crippen LogP contribution in [0.25, 0.3) is 0 Å². The summed E-state index contributed by atoms with van der Waals surface area (Å²) in [5.74, 6) is -0.918. The zero-order chi connectivity index (χ0) is 58.5. The van der Waals surface area contributed by atoms with Crippen LogP contribution in [0.2, 0.25) is 0 Å². The van der Waals surface area contributed by atoms with Crippen molar-refractivity contribution < 1.29 is 28.6 Å². The van der Waals surface area contributed by atoms with Crippen LogP contribution < -0.4 is 0 Å². The van der Waals surface area contributed by atoms with E-state index in [-0.39, 0.29) is 37.5 Å². The van der Waals surface area contributed by atoms with Crippen molar-refractivity contribution in [3.63, 3.8) is 0 Å². The number of esters is 3. The van der Waals surface area contributed by atoms with Gasteiger partial charge in [0.05, 0.1) is 0 Å². The topological polar surface area (TPSA) is 78.9 Å². The molecule has 0 saturated heterocycles. The van der Waals surface area contributed by atoms with Gasteiger partial charge in [-0.3, -0.25) is 14.4 Å². The van der Waals surface area contributed by atoms with Crippen LogP contribution in [0.15, 0.2) is 72.9 Å². The molecule has 0 aromatic carbocycles. The molecule has 81 heavy (non-hydrogen) atoms. The Bertz CT molecular complexity index is 1490. The molecule has 0 aromatic rings. The zero-order valence-electron chi connectivity index (χ0n) is 54.1. The molecule has 0 aromatic heterocycles. The van der Waals surface area contributed by atoms with Gasteiger partial charge in [-0.25, -0.2) is 0 Å². The quantitative estimate of drug-likeness (QED) is 0.0261. The summed E-state index contributed by atoms with van der Waals surface area (Å²) >= 11 is 0. The van der Waals surface area contributed by atoms with Crippen LogP contribution >= 0.6 is 0 Å². The van der Waals surface area contributed by atoms with Gasteiger partial charge in [0.1, 0.15) is 13.2 Å². The normalized spacial score (nSPS) is 12.5. The molecule has 6 heteroatoms. The van der Waals surface area contributed by atoms with Crippen molar-refractivity contribution in [3.8, 4) is 0 Å². The molecule has 470 valence electrons. The maximum absolute atomic E-state index is 12.9. The zero-order valence-corrected chi connectivity index (χ0v) is 54.1. The first-order chi connectivity index (χ1) is 40.0. The Morgan fingerprint density at radius 3 is 0.827 bits per heavy atom. The van der Waals surface area contributed by atoms with Crippen LogP contribution in [0.4, 0.5) is 0 Å². The summed E-state index contributed by atoms with van der Waals surface area (Å²) in [6, 6.07) is 0. The minimum absolute atomic E-state index is 0.0890. The van der Waals surface area contributed by atoms with Gasteiger partial charge in [-0.1, -0.05) is 338 Å². The maximum Gasteiger partial charge on any atom is 0.306 e. The third kappa shape index (κ3) is 67.5. The maximum atomic E-state index is 12.9. The molecule has 0 amide bonds. The predicted octanol–water partition coefficient (Wildman–Crippen LogP) is 24.4. The van der Waals surface area contributed by atoms with E-state index in [1.165, 1.54) is 212 Å².